The summed E-state index contributed by atoms with van der Waals surface area (Å²) in [4.78, 5) is 12.6. The zero-order valence-corrected chi connectivity index (χ0v) is 14.5. The maximum Gasteiger partial charge on any atom is 0.223 e. The van der Waals surface area contributed by atoms with E-state index in [9.17, 15) is 4.79 Å². The van der Waals surface area contributed by atoms with Crippen molar-refractivity contribution in [3.05, 3.63) is 0 Å². The Kier molecular flexibility index (Phi) is 8.65. The summed E-state index contributed by atoms with van der Waals surface area (Å²) in [5.41, 5.74) is 0. The van der Waals surface area contributed by atoms with Crippen molar-refractivity contribution < 1.29 is 4.79 Å². The van der Waals surface area contributed by atoms with Gasteiger partial charge in [-0.05, 0) is 45.1 Å². The molecule has 124 valence electrons. The maximum atomic E-state index is 12.6. The highest BCUT2D eigenvalue weighted by Gasteiger charge is 2.27. The molecular weight excluding hydrogens is 284 g/mol. The van der Waals surface area contributed by atoms with Gasteiger partial charge in [-0.15, -0.1) is 12.4 Å². The third-order valence-corrected chi connectivity index (χ3v) is 5.07. The number of piperidine rings is 1. The zero-order valence-electron chi connectivity index (χ0n) is 13.7. The second kappa shape index (κ2) is 9.68. The Labute approximate surface area is 136 Å². The summed E-state index contributed by atoms with van der Waals surface area (Å²) in [6.07, 6.45) is 10.9. The summed E-state index contributed by atoms with van der Waals surface area (Å²) < 4.78 is 0. The molecule has 0 aromatic heterocycles. The molecule has 0 bridgehead atoms. The molecule has 21 heavy (non-hydrogen) atoms. The van der Waals surface area contributed by atoms with Gasteiger partial charge < -0.3 is 10.6 Å². The highest BCUT2D eigenvalue weighted by Crippen LogP contribution is 2.32. The highest BCUT2D eigenvalue weighted by atomic mass is 35.5. The summed E-state index contributed by atoms with van der Waals surface area (Å²) >= 11 is 0. The van der Waals surface area contributed by atoms with Crippen molar-refractivity contribution >= 4 is 18.3 Å². The predicted molar refractivity (Wildman–Crippen MR) is 90.9 cm³/mol. The lowest BCUT2D eigenvalue weighted by Crippen LogP contribution is -2.48. The van der Waals surface area contributed by atoms with Crippen molar-refractivity contribution in [3.8, 4) is 0 Å². The molecule has 1 saturated carbocycles. The average Bonchev–Trinajstić information content (AvgIpc) is 2.91. The normalized spacial score (nSPS) is 27.9. The molecule has 3 nitrogen and oxygen atoms in total. The molecule has 1 aliphatic carbocycles. The summed E-state index contributed by atoms with van der Waals surface area (Å²) in [7, 11) is 0. The van der Waals surface area contributed by atoms with E-state index < -0.39 is 0 Å². The van der Waals surface area contributed by atoms with Crippen molar-refractivity contribution in [2.45, 2.75) is 83.7 Å². The van der Waals surface area contributed by atoms with Crippen LogP contribution in [0.4, 0.5) is 0 Å². The van der Waals surface area contributed by atoms with Gasteiger partial charge in [-0.2, -0.15) is 0 Å². The Morgan fingerprint density at radius 2 is 2.00 bits per heavy atom. The molecular formula is C17H33ClN2O. The molecule has 0 aromatic carbocycles. The minimum atomic E-state index is 0. The quantitative estimate of drug-likeness (QED) is 0.785. The van der Waals surface area contributed by atoms with Crippen LogP contribution in [-0.4, -0.2) is 24.5 Å². The van der Waals surface area contributed by atoms with E-state index in [1.807, 2.05) is 0 Å². The Morgan fingerprint density at radius 3 is 2.62 bits per heavy atom. The van der Waals surface area contributed by atoms with Gasteiger partial charge in [-0.3, -0.25) is 4.79 Å². The van der Waals surface area contributed by atoms with Gasteiger partial charge in [0, 0.05) is 18.0 Å². The molecule has 2 N–H and O–H groups in total. The number of carbonyl (C=O) groups excluding carboxylic acids is 1. The fourth-order valence-corrected chi connectivity index (χ4v) is 3.93. The van der Waals surface area contributed by atoms with Crippen molar-refractivity contribution in [1.82, 2.24) is 10.6 Å². The summed E-state index contributed by atoms with van der Waals surface area (Å²) in [5.74, 6) is 1.40. The van der Waals surface area contributed by atoms with Gasteiger partial charge in [0.2, 0.25) is 5.91 Å². The molecule has 1 heterocycles. The SMILES string of the molecule is CCCC(CC1CCCC1)C(=O)NC1CCNC(C)C1.Cl. The number of hydrogen-bond acceptors (Lipinski definition) is 2. The van der Waals surface area contributed by atoms with E-state index in [1.54, 1.807) is 0 Å². The molecule has 2 fully saturated rings. The van der Waals surface area contributed by atoms with E-state index in [0.29, 0.717) is 18.0 Å². The first-order chi connectivity index (χ1) is 9.69. The third kappa shape index (κ3) is 6.15. The van der Waals surface area contributed by atoms with Crippen LogP contribution in [0, 0.1) is 11.8 Å². The lowest BCUT2D eigenvalue weighted by molar-refractivity contribution is -0.126. The maximum absolute atomic E-state index is 12.6. The summed E-state index contributed by atoms with van der Waals surface area (Å²) in [5, 5.41) is 6.78. The van der Waals surface area contributed by atoms with Crippen LogP contribution in [0.15, 0.2) is 0 Å². The molecule has 3 atom stereocenters. The number of rotatable bonds is 6. The number of carbonyl (C=O) groups is 1. The van der Waals surface area contributed by atoms with Crippen LogP contribution >= 0.6 is 12.4 Å². The van der Waals surface area contributed by atoms with Gasteiger partial charge >= 0.3 is 0 Å². The Morgan fingerprint density at radius 1 is 1.29 bits per heavy atom. The second-order valence-corrected chi connectivity index (χ2v) is 6.96. The van der Waals surface area contributed by atoms with E-state index >= 15 is 0 Å². The van der Waals surface area contributed by atoms with E-state index in [0.717, 1.165) is 44.6 Å². The topological polar surface area (TPSA) is 41.1 Å². The van der Waals surface area contributed by atoms with Crippen molar-refractivity contribution in [1.29, 1.82) is 0 Å². The smallest absolute Gasteiger partial charge is 0.223 e. The summed E-state index contributed by atoms with van der Waals surface area (Å²) in [6, 6.07) is 0.926. The Hall–Kier alpha value is -0.280. The van der Waals surface area contributed by atoms with Gasteiger partial charge in [-0.25, -0.2) is 0 Å². The second-order valence-electron chi connectivity index (χ2n) is 6.96. The third-order valence-electron chi connectivity index (χ3n) is 5.07. The molecule has 1 saturated heterocycles. The van der Waals surface area contributed by atoms with Crippen LogP contribution in [0.25, 0.3) is 0 Å². The Bertz CT molecular complexity index is 305. The number of nitrogens with one attached hydrogen (secondary N) is 2. The molecule has 2 rings (SSSR count). The van der Waals surface area contributed by atoms with Gasteiger partial charge in [0.05, 0.1) is 0 Å². The van der Waals surface area contributed by atoms with Gasteiger partial charge in [-0.1, -0.05) is 39.0 Å². The van der Waals surface area contributed by atoms with E-state index in [4.69, 9.17) is 0 Å². The molecule has 3 unspecified atom stereocenters. The molecule has 1 amide bonds. The monoisotopic (exact) mass is 316 g/mol. The first-order valence-electron chi connectivity index (χ1n) is 8.72. The van der Waals surface area contributed by atoms with Crippen LogP contribution in [0.1, 0.15) is 71.6 Å². The van der Waals surface area contributed by atoms with Gasteiger partial charge in [0.1, 0.15) is 0 Å². The lowest BCUT2D eigenvalue weighted by Gasteiger charge is -2.30. The minimum absolute atomic E-state index is 0. The van der Waals surface area contributed by atoms with Crippen LogP contribution < -0.4 is 10.6 Å². The van der Waals surface area contributed by atoms with Gasteiger partial charge in [0.25, 0.3) is 0 Å². The zero-order chi connectivity index (χ0) is 14.4. The van der Waals surface area contributed by atoms with E-state index in [2.05, 4.69) is 24.5 Å². The number of hydrogen-bond donors (Lipinski definition) is 2. The van der Waals surface area contributed by atoms with Crippen molar-refractivity contribution in [3.63, 3.8) is 0 Å². The number of amides is 1. The van der Waals surface area contributed by atoms with Crippen molar-refractivity contribution in [2.24, 2.45) is 11.8 Å². The molecule has 1 aliphatic heterocycles. The van der Waals surface area contributed by atoms with E-state index in [1.165, 1.54) is 25.7 Å². The van der Waals surface area contributed by atoms with Gasteiger partial charge in [0.15, 0.2) is 0 Å². The average molecular weight is 317 g/mol. The van der Waals surface area contributed by atoms with Crippen LogP contribution in [0.3, 0.4) is 0 Å². The fourth-order valence-electron chi connectivity index (χ4n) is 3.93. The molecule has 0 aromatic rings. The fraction of sp³-hybridized carbons (Fsp3) is 0.941. The standard InChI is InChI=1S/C17H32N2O.ClH/c1-3-6-15(12-14-7-4-5-8-14)17(20)19-16-9-10-18-13(2)11-16;/h13-16,18H,3-12H2,1-2H3,(H,19,20);1H. The van der Waals surface area contributed by atoms with Crippen molar-refractivity contribution in [2.75, 3.05) is 6.54 Å². The number of halogens is 1. The Balaban J connectivity index is 0.00000220. The van der Waals surface area contributed by atoms with Crippen LogP contribution in [-0.2, 0) is 4.79 Å². The minimum Gasteiger partial charge on any atom is -0.353 e. The summed E-state index contributed by atoms with van der Waals surface area (Å²) in [6.45, 7) is 5.44. The highest BCUT2D eigenvalue weighted by molar-refractivity contribution is 5.85. The van der Waals surface area contributed by atoms with Crippen LogP contribution in [0.5, 0.6) is 0 Å². The van der Waals surface area contributed by atoms with Crippen LogP contribution in [0.2, 0.25) is 0 Å². The molecule has 0 radical (unpaired) electrons. The first kappa shape index (κ1) is 18.8. The first-order valence-corrected chi connectivity index (χ1v) is 8.72. The lowest BCUT2D eigenvalue weighted by atomic mass is 9.89. The van der Waals surface area contributed by atoms with E-state index in [-0.39, 0.29) is 18.3 Å². The largest absolute Gasteiger partial charge is 0.353 e. The molecule has 2 aliphatic rings. The predicted octanol–water partition coefficient (Wildman–Crippen LogP) is 3.66. The molecule has 0 spiro atoms. The molecule has 4 heteroatoms.